The number of nitriles is 1. The molecule has 0 bridgehead atoms. The Labute approximate surface area is 108 Å². The Hall–Kier alpha value is -0.690. The molecule has 0 aromatic carbocycles. The van der Waals surface area contributed by atoms with Crippen molar-refractivity contribution in [1.29, 1.82) is 5.26 Å². The minimum absolute atomic E-state index is 0.289. The molecule has 18 heavy (non-hydrogen) atoms. The topological polar surface area (TPSA) is 98.5 Å². The Morgan fingerprint density at radius 2 is 1.61 bits per heavy atom. The summed E-state index contributed by atoms with van der Waals surface area (Å²) in [6.45, 7) is 1.93. The second-order valence-electron chi connectivity index (χ2n) is 4.28. The second-order valence-corrected chi connectivity index (χ2v) is 8.63. The molecule has 1 aliphatic rings. The third kappa shape index (κ3) is 4.89. The number of piperazine rings is 1. The monoisotopic (exact) mass is 295 g/mol. The van der Waals surface area contributed by atoms with E-state index < -0.39 is 19.9 Å². The smallest absolute Gasteiger partial charge is 0.215 e. The van der Waals surface area contributed by atoms with Crippen molar-refractivity contribution in [2.24, 2.45) is 0 Å². The zero-order valence-corrected chi connectivity index (χ0v) is 11.9. The average Bonchev–Trinajstić information content (AvgIpc) is 2.27. The van der Waals surface area contributed by atoms with Gasteiger partial charge in [-0.05, 0) is 0 Å². The number of hydrogen-bond acceptors (Lipinski definition) is 6. The molecule has 1 aliphatic heterocycles. The summed E-state index contributed by atoms with van der Waals surface area (Å²) in [6, 6.07) is 2.01. The SMILES string of the molecule is CS(=O)(=O)CCS(=O)(=O)N1CCN(CC#N)CC1. The van der Waals surface area contributed by atoms with Gasteiger partial charge in [0.1, 0.15) is 9.84 Å². The first kappa shape index (κ1) is 15.4. The molecule has 0 spiro atoms. The maximum Gasteiger partial charge on any atom is 0.215 e. The van der Waals surface area contributed by atoms with Gasteiger partial charge in [-0.1, -0.05) is 0 Å². The largest absolute Gasteiger partial charge is 0.288 e. The van der Waals surface area contributed by atoms with Gasteiger partial charge in [-0.15, -0.1) is 0 Å². The molecular formula is C9H17N3O4S2. The van der Waals surface area contributed by atoms with E-state index in [-0.39, 0.29) is 18.1 Å². The van der Waals surface area contributed by atoms with Gasteiger partial charge in [0.25, 0.3) is 0 Å². The van der Waals surface area contributed by atoms with E-state index in [1.54, 1.807) is 0 Å². The lowest BCUT2D eigenvalue weighted by Crippen LogP contribution is -2.49. The Bertz CT molecular complexity index is 513. The van der Waals surface area contributed by atoms with E-state index in [1.165, 1.54) is 4.31 Å². The first-order chi connectivity index (χ1) is 8.24. The summed E-state index contributed by atoms with van der Waals surface area (Å²) >= 11 is 0. The predicted octanol–water partition coefficient (Wildman–Crippen LogP) is -1.50. The third-order valence-electron chi connectivity index (χ3n) is 2.73. The molecule has 7 nitrogen and oxygen atoms in total. The molecule has 104 valence electrons. The molecule has 0 amide bonds. The van der Waals surface area contributed by atoms with Crippen LogP contribution in [-0.4, -0.2) is 76.5 Å². The fraction of sp³-hybridized carbons (Fsp3) is 0.889. The first-order valence-corrected chi connectivity index (χ1v) is 9.16. The molecular weight excluding hydrogens is 278 g/mol. The van der Waals surface area contributed by atoms with Gasteiger partial charge in [0.2, 0.25) is 10.0 Å². The van der Waals surface area contributed by atoms with Crippen molar-refractivity contribution >= 4 is 19.9 Å². The van der Waals surface area contributed by atoms with Crippen LogP contribution >= 0.6 is 0 Å². The summed E-state index contributed by atoms with van der Waals surface area (Å²) in [5.74, 6) is -0.724. The van der Waals surface area contributed by atoms with Crippen molar-refractivity contribution in [3.63, 3.8) is 0 Å². The highest BCUT2D eigenvalue weighted by atomic mass is 32.2. The normalized spacial score (nSPS) is 19.6. The van der Waals surface area contributed by atoms with Crippen molar-refractivity contribution < 1.29 is 16.8 Å². The van der Waals surface area contributed by atoms with E-state index in [0.29, 0.717) is 26.2 Å². The van der Waals surface area contributed by atoms with E-state index >= 15 is 0 Å². The van der Waals surface area contributed by atoms with Crippen molar-refractivity contribution in [2.75, 3.05) is 50.5 Å². The maximum atomic E-state index is 11.9. The number of rotatable bonds is 5. The number of nitrogens with zero attached hydrogens (tertiary/aromatic N) is 3. The number of sulfone groups is 1. The molecule has 0 saturated carbocycles. The minimum atomic E-state index is -3.51. The van der Waals surface area contributed by atoms with Crippen LogP contribution in [-0.2, 0) is 19.9 Å². The standard InChI is InChI=1S/C9H17N3O4S2/c1-17(13,14)8-9-18(15,16)12-6-4-11(3-2-10)5-7-12/h3-9H2,1H3. The summed E-state index contributed by atoms with van der Waals surface area (Å²) in [5.41, 5.74) is 0. The lowest BCUT2D eigenvalue weighted by Gasteiger charge is -2.32. The van der Waals surface area contributed by atoms with E-state index in [4.69, 9.17) is 5.26 Å². The molecule has 0 atom stereocenters. The van der Waals surface area contributed by atoms with Gasteiger partial charge < -0.3 is 0 Å². The molecule has 0 N–H and O–H groups in total. The lowest BCUT2D eigenvalue weighted by molar-refractivity contribution is 0.206. The van der Waals surface area contributed by atoms with Crippen molar-refractivity contribution in [3.8, 4) is 6.07 Å². The molecule has 0 unspecified atom stereocenters. The molecule has 9 heteroatoms. The Morgan fingerprint density at radius 3 is 2.06 bits per heavy atom. The Morgan fingerprint density at radius 1 is 1.06 bits per heavy atom. The van der Waals surface area contributed by atoms with Crippen LogP contribution < -0.4 is 0 Å². The Balaban J connectivity index is 2.53. The van der Waals surface area contributed by atoms with E-state index in [0.717, 1.165) is 6.26 Å². The summed E-state index contributed by atoms with van der Waals surface area (Å²) < 4.78 is 47.0. The summed E-state index contributed by atoms with van der Waals surface area (Å²) in [5, 5.41) is 8.53. The van der Waals surface area contributed by atoms with Crippen molar-refractivity contribution in [1.82, 2.24) is 9.21 Å². The van der Waals surface area contributed by atoms with Crippen molar-refractivity contribution in [2.45, 2.75) is 0 Å². The second kappa shape index (κ2) is 5.97. The minimum Gasteiger partial charge on any atom is -0.288 e. The first-order valence-electron chi connectivity index (χ1n) is 5.49. The van der Waals surface area contributed by atoms with Gasteiger partial charge in [-0.25, -0.2) is 16.8 Å². The zero-order chi connectivity index (χ0) is 13.8. The molecule has 1 heterocycles. The maximum absolute atomic E-state index is 11.9. The fourth-order valence-electron chi connectivity index (χ4n) is 1.65. The van der Waals surface area contributed by atoms with Crippen LogP contribution in [0.1, 0.15) is 0 Å². The number of hydrogen-bond donors (Lipinski definition) is 0. The van der Waals surface area contributed by atoms with Crippen LogP contribution in [0.5, 0.6) is 0 Å². The molecule has 1 rings (SSSR count). The van der Waals surface area contributed by atoms with E-state index in [1.807, 2.05) is 11.0 Å². The van der Waals surface area contributed by atoms with Crippen molar-refractivity contribution in [3.05, 3.63) is 0 Å². The highest BCUT2D eigenvalue weighted by Gasteiger charge is 2.27. The van der Waals surface area contributed by atoms with Crippen LogP contribution in [0.2, 0.25) is 0 Å². The van der Waals surface area contributed by atoms with Crippen LogP contribution in [0.3, 0.4) is 0 Å². The van der Waals surface area contributed by atoms with Gasteiger partial charge in [-0.2, -0.15) is 9.57 Å². The fourth-order valence-corrected chi connectivity index (χ4v) is 4.68. The average molecular weight is 295 g/mol. The van der Waals surface area contributed by atoms with Gasteiger partial charge in [0.05, 0.1) is 24.1 Å². The molecule has 0 aliphatic carbocycles. The Kier molecular flexibility index (Phi) is 5.10. The highest BCUT2D eigenvalue weighted by molar-refractivity contribution is 7.93. The summed E-state index contributed by atoms with van der Waals surface area (Å²) in [4.78, 5) is 1.86. The molecule has 0 aromatic heterocycles. The van der Waals surface area contributed by atoms with Gasteiger partial charge in [-0.3, -0.25) is 4.90 Å². The zero-order valence-electron chi connectivity index (χ0n) is 10.2. The molecule has 1 fully saturated rings. The predicted molar refractivity (Wildman–Crippen MR) is 67.1 cm³/mol. The summed E-state index contributed by atoms with van der Waals surface area (Å²) in [6.07, 6.45) is 1.02. The van der Waals surface area contributed by atoms with Crippen LogP contribution in [0, 0.1) is 11.3 Å². The number of sulfonamides is 1. The summed E-state index contributed by atoms with van der Waals surface area (Å²) in [7, 11) is -6.78. The quantitative estimate of drug-likeness (QED) is 0.573. The van der Waals surface area contributed by atoms with E-state index in [2.05, 4.69) is 0 Å². The van der Waals surface area contributed by atoms with Crippen LogP contribution in [0.4, 0.5) is 0 Å². The highest BCUT2D eigenvalue weighted by Crippen LogP contribution is 2.08. The van der Waals surface area contributed by atoms with Gasteiger partial charge >= 0.3 is 0 Å². The molecule has 0 radical (unpaired) electrons. The van der Waals surface area contributed by atoms with Gasteiger partial charge in [0.15, 0.2) is 0 Å². The molecule has 1 saturated heterocycles. The van der Waals surface area contributed by atoms with Gasteiger partial charge in [0, 0.05) is 32.4 Å². The van der Waals surface area contributed by atoms with E-state index in [9.17, 15) is 16.8 Å². The van der Waals surface area contributed by atoms with Crippen LogP contribution in [0.15, 0.2) is 0 Å². The molecule has 0 aromatic rings. The third-order valence-corrected chi connectivity index (χ3v) is 5.81. The van der Waals surface area contributed by atoms with Crippen LogP contribution in [0.25, 0.3) is 0 Å². The lowest BCUT2D eigenvalue weighted by atomic mass is 10.4.